The van der Waals surface area contributed by atoms with Gasteiger partial charge in [-0.1, -0.05) is 107 Å². The summed E-state index contributed by atoms with van der Waals surface area (Å²) >= 11 is 0. The second-order valence-corrected chi connectivity index (χ2v) is 14.6. The molecule has 0 amide bonds. The number of nitrogens with zero attached hydrogens (tertiary/aromatic N) is 1. The molecule has 0 aromatic heterocycles. The molecule has 0 saturated carbocycles. The molecule has 0 saturated heterocycles. The minimum absolute atomic E-state index is 0.128. The third-order valence-corrected chi connectivity index (χ3v) is 10.5. The molecule has 6 aromatic rings. The predicted molar refractivity (Wildman–Crippen MR) is 202 cm³/mol. The summed E-state index contributed by atoms with van der Waals surface area (Å²) in [6.45, 7) is 12.9. The van der Waals surface area contributed by atoms with Crippen LogP contribution in [-0.4, -0.2) is 6.10 Å². The Kier molecular flexibility index (Phi) is 6.94. The Morgan fingerprint density at radius 2 is 1.02 bits per heavy atom. The van der Waals surface area contributed by atoms with Gasteiger partial charge in [0.15, 0.2) is 5.75 Å². The summed E-state index contributed by atoms with van der Waals surface area (Å²) in [7, 11) is 0. The highest BCUT2D eigenvalue weighted by molar-refractivity contribution is 5.88. The summed E-state index contributed by atoms with van der Waals surface area (Å²) in [5.41, 5.74) is 13.7. The van der Waals surface area contributed by atoms with Gasteiger partial charge in [0.05, 0.1) is 11.7 Å². The van der Waals surface area contributed by atoms with Crippen LogP contribution in [0.1, 0.15) is 74.9 Å². The van der Waals surface area contributed by atoms with E-state index in [1.165, 1.54) is 44.5 Å². The molecule has 0 radical (unpaired) electrons. The number of hydrogen-bond donors (Lipinski definition) is 0. The van der Waals surface area contributed by atoms with Gasteiger partial charge in [-0.05, 0) is 106 Å². The van der Waals surface area contributed by atoms with Gasteiger partial charge in [0.1, 0.15) is 0 Å². The molecule has 4 heteroatoms. The van der Waals surface area contributed by atoms with Gasteiger partial charge >= 0.3 is 0 Å². The zero-order valence-corrected chi connectivity index (χ0v) is 28.8. The first-order chi connectivity index (χ1) is 23.5. The average molecular weight is 642 g/mol. The highest BCUT2D eigenvalue weighted by Gasteiger charge is 2.37. The van der Waals surface area contributed by atoms with Crippen LogP contribution in [0.4, 0.5) is 17.1 Å². The monoisotopic (exact) mass is 641 g/mol. The lowest BCUT2D eigenvalue weighted by molar-refractivity contribution is 0.236. The van der Waals surface area contributed by atoms with Gasteiger partial charge in [-0.2, -0.15) is 0 Å². The number of fused-ring (bicyclic) bond motifs is 6. The van der Waals surface area contributed by atoms with Crippen molar-refractivity contribution in [3.05, 3.63) is 163 Å². The van der Waals surface area contributed by atoms with Crippen molar-refractivity contribution in [2.45, 2.75) is 58.5 Å². The van der Waals surface area contributed by atoms with Crippen LogP contribution < -0.4 is 20.5 Å². The van der Waals surface area contributed by atoms with E-state index in [1.807, 2.05) is 32.1 Å². The third-order valence-electron chi connectivity index (χ3n) is 10.5. The zero-order chi connectivity index (χ0) is 34.2. The minimum atomic E-state index is -0.555. The van der Waals surface area contributed by atoms with Gasteiger partial charge < -0.3 is 9.64 Å². The van der Waals surface area contributed by atoms with Gasteiger partial charge in [0.25, 0.3) is 5.43 Å². The van der Waals surface area contributed by atoms with E-state index < -0.39 is 10.9 Å². The summed E-state index contributed by atoms with van der Waals surface area (Å²) < 4.78 is 5.60. The van der Waals surface area contributed by atoms with E-state index in [4.69, 9.17) is 4.74 Å². The Labute approximate surface area is 287 Å². The highest BCUT2D eigenvalue weighted by Crippen LogP contribution is 2.53. The SMILES string of the molecule is CC(C)Oc1c(C=Cc2ccc(N(c3ccc4c(c3)C(C)(C)c3ccccc3-4)c3ccc4c(c3)C(C)(C)c3ccccc3-4)cc2)c(=O)c1=O. The fourth-order valence-electron chi connectivity index (χ4n) is 7.92. The van der Waals surface area contributed by atoms with Gasteiger partial charge in [0, 0.05) is 27.9 Å². The number of ether oxygens (including phenoxy) is 1. The van der Waals surface area contributed by atoms with Gasteiger partial charge in [0.2, 0.25) is 5.43 Å². The molecule has 49 heavy (non-hydrogen) atoms. The van der Waals surface area contributed by atoms with E-state index in [1.54, 1.807) is 6.08 Å². The van der Waals surface area contributed by atoms with E-state index in [0.29, 0.717) is 5.56 Å². The smallest absolute Gasteiger partial charge is 0.268 e. The Balaban J connectivity index is 1.22. The normalized spacial score (nSPS) is 14.9. The maximum atomic E-state index is 12.3. The van der Waals surface area contributed by atoms with E-state index in [9.17, 15) is 9.59 Å². The molecule has 2 aliphatic carbocycles. The molecular formula is C45H39NO3. The molecule has 0 heterocycles. The van der Waals surface area contributed by atoms with Crippen molar-refractivity contribution in [3.63, 3.8) is 0 Å². The fourth-order valence-corrected chi connectivity index (χ4v) is 7.92. The number of benzene rings is 5. The Hall–Kier alpha value is -5.48. The van der Waals surface area contributed by atoms with Gasteiger partial charge in [-0.3, -0.25) is 9.59 Å². The Morgan fingerprint density at radius 3 is 1.53 bits per heavy atom. The van der Waals surface area contributed by atoms with Crippen molar-refractivity contribution in [2.75, 3.05) is 4.90 Å². The highest BCUT2D eigenvalue weighted by atomic mass is 16.5. The van der Waals surface area contributed by atoms with E-state index in [-0.39, 0.29) is 22.7 Å². The summed E-state index contributed by atoms with van der Waals surface area (Å²) in [6.07, 6.45) is 3.37. The summed E-state index contributed by atoms with van der Waals surface area (Å²) in [5, 5.41) is 0. The van der Waals surface area contributed by atoms with E-state index in [0.717, 1.165) is 22.6 Å². The maximum Gasteiger partial charge on any atom is 0.268 e. The number of anilines is 3. The van der Waals surface area contributed by atoms with Crippen LogP contribution in [0.2, 0.25) is 0 Å². The van der Waals surface area contributed by atoms with Crippen LogP contribution in [0.25, 0.3) is 34.4 Å². The van der Waals surface area contributed by atoms with Crippen molar-refractivity contribution in [1.29, 1.82) is 0 Å². The topological polar surface area (TPSA) is 46.6 Å². The van der Waals surface area contributed by atoms with Crippen LogP contribution in [0.15, 0.2) is 119 Å². The molecule has 6 aromatic carbocycles. The summed E-state index contributed by atoms with van der Waals surface area (Å²) in [6, 6.07) is 39.5. The van der Waals surface area contributed by atoms with Crippen LogP contribution in [-0.2, 0) is 10.8 Å². The molecule has 0 atom stereocenters. The number of hydrogen-bond acceptors (Lipinski definition) is 4. The molecule has 0 N–H and O–H groups in total. The van der Waals surface area contributed by atoms with Crippen molar-refractivity contribution >= 4 is 29.2 Å². The molecule has 242 valence electrons. The van der Waals surface area contributed by atoms with E-state index >= 15 is 0 Å². The quantitative estimate of drug-likeness (QED) is 0.163. The molecule has 0 aliphatic heterocycles. The first-order valence-corrected chi connectivity index (χ1v) is 17.0. The summed E-state index contributed by atoms with van der Waals surface area (Å²) in [5.74, 6) is 0.155. The molecule has 0 bridgehead atoms. The number of rotatable bonds is 7. The van der Waals surface area contributed by atoms with Gasteiger partial charge in [-0.15, -0.1) is 0 Å². The van der Waals surface area contributed by atoms with Crippen molar-refractivity contribution in [3.8, 4) is 28.0 Å². The van der Waals surface area contributed by atoms with E-state index in [2.05, 4.69) is 130 Å². The van der Waals surface area contributed by atoms with Crippen LogP contribution in [0, 0.1) is 0 Å². The molecule has 4 nitrogen and oxygen atoms in total. The largest absolute Gasteiger partial charge is 0.486 e. The van der Waals surface area contributed by atoms with Crippen LogP contribution in [0.3, 0.4) is 0 Å². The fraction of sp³-hybridized carbons (Fsp3) is 0.200. The molecule has 0 fully saturated rings. The molecule has 0 spiro atoms. The second kappa shape index (κ2) is 11.0. The minimum Gasteiger partial charge on any atom is -0.486 e. The Bertz CT molecular complexity index is 2280. The third kappa shape index (κ3) is 4.73. The van der Waals surface area contributed by atoms with Crippen LogP contribution in [0.5, 0.6) is 5.75 Å². The first kappa shape index (κ1) is 30.8. The second-order valence-electron chi connectivity index (χ2n) is 14.6. The lowest BCUT2D eigenvalue weighted by atomic mass is 9.82. The molecule has 2 aliphatic rings. The van der Waals surface area contributed by atoms with Gasteiger partial charge in [-0.25, -0.2) is 0 Å². The molecule has 8 rings (SSSR count). The van der Waals surface area contributed by atoms with Crippen molar-refractivity contribution < 1.29 is 4.74 Å². The molecule has 0 unspecified atom stereocenters. The zero-order valence-electron chi connectivity index (χ0n) is 28.8. The van der Waals surface area contributed by atoms with Crippen molar-refractivity contribution in [1.82, 2.24) is 0 Å². The van der Waals surface area contributed by atoms with Crippen molar-refractivity contribution in [2.24, 2.45) is 0 Å². The molecular weight excluding hydrogens is 602 g/mol. The lowest BCUT2D eigenvalue weighted by Gasteiger charge is -2.29. The lowest BCUT2D eigenvalue weighted by Crippen LogP contribution is -2.36. The van der Waals surface area contributed by atoms with Crippen LogP contribution >= 0.6 is 0 Å². The average Bonchev–Trinajstić information content (AvgIpc) is 3.47. The first-order valence-electron chi connectivity index (χ1n) is 17.0. The standard InChI is InChI=1S/C45H39NO3/c1-27(2)49-43-36(41(47)42(43)48)22-17-28-15-18-29(19-16-28)46(30-20-23-34-32-11-7-9-13-37(32)44(3,4)39(34)25-30)31-21-24-35-33-12-8-10-14-38(33)45(5,6)40(35)26-31/h7-27H,1-6H3. The predicted octanol–water partition coefficient (Wildman–Crippen LogP) is 10.3. The maximum absolute atomic E-state index is 12.3. The Morgan fingerprint density at radius 1 is 0.551 bits per heavy atom. The summed E-state index contributed by atoms with van der Waals surface area (Å²) in [4.78, 5) is 26.7.